The van der Waals surface area contributed by atoms with Crippen molar-refractivity contribution in [3.63, 3.8) is 0 Å². The summed E-state index contributed by atoms with van der Waals surface area (Å²) in [6, 6.07) is 0. The van der Waals surface area contributed by atoms with Gasteiger partial charge in [-0.25, -0.2) is 0 Å². The normalized spacial score (nSPS) is 20.9. The van der Waals surface area contributed by atoms with E-state index in [9.17, 15) is 0 Å². The number of piperidine rings is 1. The third kappa shape index (κ3) is 2.71. The van der Waals surface area contributed by atoms with E-state index in [1.54, 1.807) is 0 Å². The minimum absolute atomic E-state index is 0.446. The molecule has 0 spiro atoms. The Balaban J connectivity index is 1.99. The highest BCUT2D eigenvalue weighted by Crippen LogP contribution is 2.30. The van der Waals surface area contributed by atoms with Crippen molar-refractivity contribution >= 4 is 16.5 Å². The van der Waals surface area contributed by atoms with Crippen LogP contribution in [0.4, 0.5) is 5.00 Å². The van der Waals surface area contributed by atoms with Gasteiger partial charge in [0.1, 0.15) is 10.7 Å². The van der Waals surface area contributed by atoms with Gasteiger partial charge in [-0.05, 0) is 24.8 Å². The maximum absolute atomic E-state index is 4.19. The van der Waals surface area contributed by atoms with E-state index in [1.165, 1.54) is 30.9 Å². The molecule has 90 valence electrons. The summed E-state index contributed by atoms with van der Waals surface area (Å²) < 4.78 is 4.00. The first-order valence-electron chi connectivity index (χ1n) is 5.82. The van der Waals surface area contributed by atoms with Crippen LogP contribution in [0.3, 0.4) is 0 Å². The van der Waals surface area contributed by atoms with Crippen LogP contribution in [0.5, 0.6) is 0 Å². The van der Waals surface area contributed by atoms with Crippen LogP contribution in [0, 0.1) is 5.41 Å². The minimum Gasteiger partial charge on any atom is -0.377 e. The first-order chi connectivity index (χ1) is 7.61. The Hall–Kier alpha value is -0.680. The molecular formula is C11H20N4S. The highest BCUT2D eigenvalue weighted by atomic mass is 32.1. The zero-order valence-electron chi connectivity index (χ0n) is 10.3. The van der Waals surface area contributed by atoms with E-state index in [-0.39, 0.29) is 0 Å². The molecule has 1 N–H and O–H groups in total. The average molecular weight is 240 g/mol. The van der Waals surface area contributed by atoms with Crippen molar-refractivity contribution in [3.8, 4) is 0 Å². The van der Waals surface area contributed by atoms with E-state index in [0.717, 1.165) is 23.8 Å². The zero-order valence-corrected chi connectivity index (χ0v) is 11.1. The lowest BCUT2D eigenvalue weighted by molar-refractivity contribution is 0.110. The van der Waals surface area contributed by atoms with Gasteiger partial charge >= 0.3 is 0 Å². The van der Waals surface area contributed by atoms with Gasteiger partial charge in [0.2, 0.25) is 0 Å². The van der Waals surface area contributed by atoms with Crippen molar-refractivity contribution in [2.45, 2.75) is 33.2 Å². The number of likely N-dealkylation sites (tertiary alicyclic amines) is 1. The van der Waals surface area contributed by atoms with Crippen LogP contribution in [0.15, 0.2) is 0 Å². The molecule has 1 fully saturated rings. The maximum Gasteiger partial charge on any atom is 0.134 e. The van der Waals surface area contributed by atoms with Gasteiger partial charge < -0.3 is 5.32 Å². The topological polar surface area (TPSA) is 41.1 Å². The molecule has 2 rings (SSSR count). The van der Waals surface area contributed by atoms with E-state index >= 15 is 0 Å². The van der Waals surface area contributed by atoms with Crippen LogP contribution in [0.2, 0.25) is 0 Å². The Morgan fingerprint density at radius 3 is 3.00 bits per heavy atom. The summed E-state index contributed by atoms with van der Waals surface area (Å²) in [7, 11) is 1.93. The third-order valence-corrected chi connectivity index (χ3v) is 3.92. The molecular weight excluding hydrogens is 220 g/mol. The molecule has 1 aromatic rings. The summed E-state index contributed by atoms with van der Waals surface area (Å²) in [4.78, 5) is 2.49. The lowest BCUT2D eigenvalue weighted by Crippen LogP contribution is -2.39. The molecule has 2 heterocycles. The molecule has 16 heavy (non-hydrogen) atoms. The Bertz CT molecular complexity index is 348. The fraction of sp³-hybridized carbons (Fsp3) is 0.818. The smallest absolute Gasteiger partial charge is 0.134 e. The predicted octanol–water partition coefficient (Wildman–Crippen LogP) is 2.20. The van der Waals surface area contributed by atoms with Gasteiger partial charge in [0, 0.05) is 31.7 Å². The molecule has 0 bridgehead atoms. The van der Waals surface area contributed by atoms with Crippen molar-refractivity contribution in [3.05, 3.63) is 5.69 Å². The standard InChI is InChI=1S/C11H20N4S/c1-11(2)5-4-6-15(8-11)7-9-10(12-3)16-14-13-9/h12H,4-8H2,1-3H3. The fourth-order valence-corrected chi connectivity index (χ4v) is 2.92. The van der Waals surface area contributed by atoms with Crippen LogP contribution in [0.25, 0.3) is 0 Å². The largest absolute Gasteiger partial charge is 0.377 e. The molecule has 4 nitrogen and oxygen atoms in total. The summed E-state index contributed by atoms with van der Waals surface area (Å²) >= 11 is 1.44. The second-order valence-corrected chi connectivity index (χ2v) is 6.03. The molecule has 0 aliphatic carbocycles. The summed E-state index contributed by atoms with van der Waals surface area (Å²) in [5, 5.41) is 8.45. The molecule has 0 atom stereocenters. The lowest BCUT2D eigenvalue weighted by atomic mass is 9.84. The van der Waals surface area contributed by atoms with Crippen molar-refractivity contribution in [1.82, 2.24) is 14.5 Å². The van der Waals surface area contributed by atoms with Crippen LogP contribution in [-0.4, -0.2) is 34.6 Å². The zero-order chi connectivity index (χ0) is 11.6. The quantitative estimate of drug-likeness (QED) is 0.879. The Kier molecular flexibility index (Phi) is 3.44. The Morgan fingerprint density at radius 1 is 1.50 bits per heavy atom. The first kappa shape index (κ1) is 11.8. The first-order valence-corrected chi connectivity index (χ1v) is 6.59. The number of anilines is 1. The van der Waals surface area contributed by atoms with E-state index in [2.05, 4.69) is 33.7 Å². The molecule has 0 unspecified atom stereocenters. The second-order valence-electron chi connectivity index (χ2n) is 5.28. The minimum atomic E-state index is 0.446. The number of aromatic nitrogens is 2. The van der Waals surface area contributed by atoms with E-state index in [0.29, 0.717) is 5.41 Å². The molecule has 0 saturated carbocycles. The van der Waals surface area contributed by atoms with Gasteiger partial charge in [-0.3, -0.25) is 4.90 Å². The average Bonchev–Trinajstić information content (AvgIpc) is 2.63. The number of nitrogens with zero attached hydrogens (tertiary/aromatic N) is 3. The molecule has 1 aliphatic rings. The number of rotatable bonds is 3. The van der Waals surface area contributed by atoms with Gasteiger partial charge in [-0.15, -0.1) is 5.10 Å². The third-order valence-electron chi connectivity index (χ3n) is 3.14. The Labute approximate surface area is 101 Å². The monoisotopic (exact) mass is 240 g/mol. The second kappa shape index (κ2) is 4.67. The van der Waals surface area contributed by atoms with E-state index in [1.807, 2.05) is 7.05 Å². The van der Waals surface area contributed by atoms with Gasteiger partial charge in [0.15, 0.2) is 0 Å². The van der Waals surface area contributed by atoms with Crippen LogP contribution in [0.1, 0.15) is 32.4 Å². The Morgan fingerprint density at radius 2 is 2.31 bits per heavy atom. The van der Waals surface area contributed by atoms with Crippen LogP contribution < -0.4 is 5.32 Å². The summed E-state index contributed by atoms with van der Waals surface area (Å²) in [5.41, 5.74) is 1.53. The molecule has 1 aliphatic heterocycles. The van der Waals surface area contributed by atoms with Gasteiger partial charge in [0.05, 0.1) is 0 Å². The molecule has 1 saturated heterocycles. The van der Waals surface area contributed by atoms with Crippen molar-refractivity contribution in [2.24, 2.45) is 5.41 Å². The summed E-state index contributed by atoms with van der Waals surface area (Å²) in [5.74, 6) is 0. The maximum atomic E-state index is 4.19. The summed E-state index contributed by atoms with van der Waals surface area (Å²) in [6.07, 6.45) is 2.62. The fourth-order valence-electron chi connectivity index (χ4n) is 2.39. The SMILES string of the molecule is CNc1snnc1CN1CCCC(C)(C)C1. The molecule has 5 heteroatoms. The van der Waals surface area contributed by atoms with Crippen molar-refractivity contribution in [1.29, 1.82) is 0 Å². The number of hydrogen-bond donors (Lipinski definition) is 1. The lowest BCUT2D eigenvalue weighted by Gasteiger charge is -2.37. The van der Waals surface area contributed by atoms with Crippen molar-refractivity contribution in [2.75, 3.05) is 25.5 Å². The highest BCUT2D eigenvalue weighted by molar-refractivity contribution is 7.10. The highest BCUT2D eigenvalue weighted by Gasteiger charge is 2.27. The van der Waals surface area contributed by atoms with Crippen molar-refractivity contribution < 1.29 is 0 Å². The molecule has 0 radical (unpaired) electrons. The van der Waals surface area contributed by atoms with Gasteiger partial charge in [0.25, 0.3) is 0 Å². The number of nitrogens with one attached hydrogen (secondary N) is 1. The predicted molar refractivity (Wildman–Crippen MR) is 67.7 cm³/mol. The van der Waals surface area contributed by atoms with Gasteiger partial charge in [-0.1, -0.05) is 18.3 Å². The van der Waals surface area contributed by atoms with E-state index in [4.69, 9.17) is 0 Å². The van der Waals surface area contributed by atoms with E-state index < -0.39 is 0 Å². The molecule has 0 amide bonds. The summed E-state index contributed by atoms with van der Waals surface area (Å²) in [6.45, 7) is 7.96. The number of hydrogen-bond acceptors (Lipinski definition) is 5. The molecule has 1 aromatic heterocycles. The van der Waals surface area contributed by atoms with Crippen LogP contribution in [-0.2, 0) is 6.54 Å². The van der Waals surface area contributed by atoms with Crippen LogP contribution >= 0.6 is 11.5 Å². The molecule has 0 aromatic carbocycles. The van der Waals surface area contributed by atoms with Gasteiger partial charge in [-0.2, -0.15) is 0 Å².